The van der Waals surface area contributed by atoms with Gasteiger partial charge in [0.15, 0.2) is 0 Å². The summed E-state index contributed by atoms with van der Waals surface area (Å²) in [5.74, 6) is 0.0689. The van der Waals surface area contributed by atoms with Crippen LogP contribution in [0.1, 0.15) is 25.0 Å². The highest BCUT2D eigenvalue weighted by atomic mass is 16.5. The van der Waals surface area contributed by atoms with E-state index in [9.17, 15) is 9.59 Å². The zero-order valence-electron chi connectivity index (χ0n) is 15.4. The molecule has 0 aromatic heterocycles. The van der Waals surface area contributed by atoms with Gasteiger partial charge in [0.25, 0.3) is 11.8 Å². The van der Waals surface area contributed by atoms with Crippen molar-refractivity contribution in [3.05, 3.63) is 65.4 Å². The van der Waals surface area contributed by atoms with Crippen molar-refractivity contribution < 1.29 is 14.3 Å². The summed E-state index contributed by atoms with van der Waals surface area (Å²) in [5, 5.41) is 3.12. The van der Waals surface area contributed by atoms with Gasteiger partial charge < -0.3 is 10.1 Å². The van der Waals surface area contributed by atoms with E-state index >= 15 is 0 Å². The third kappa shape index (κ3) is 3.47. The molecule has 3 rings (SSSR count). The maximum atomic E-state index is 12.6. The number of imide groups is 1. The second-order valence-electron chi connectivity index (χ2n) is 6.60. The Morgan fingerprint density at radius 2 is 1.69 bits per heavy atom. The van der Waals surface area contributed by atoms with Crippen LogP contribution >= 0.6 is 0 Å². The van der Waals surface area contributed by atoms with E-state index in [2.05, 4.69) is 5.32 Å². The van der Waals surface area contributed by atoms with Crippen LogP contribution in [0.25, 0.3) is 5.57 Å². The fourth-order valence-corrected chi connectivity index (χ4v) is 2.86. The molecule has 5 nitrogen and oxygen atoms in total. The van der Waals surface area contributed by atoms with Crippen molar-refractivity contribution in [2.45, 2.75) is 26.9 Å². The molecule has 26 heavy (non-hydrogen) atoms. The maximum Gasteiger partial charge on any atom is 0.277 e. The molecule has 0 fully saturated rings. The molecule has 0 spiro atoms. The molecule has 1 aliphatic heterocycles. The molecule has 2 aromatic carbocycles. The van der Waals surface area contributed by atoms with Crippen molar-refractivity contribution >= 4 is 23.1 Å². The Kier molecular flexibility index (Phi) is 4.80. The number of hydrogen-bond donors (Lipinski definition) is 1. The van der Waals surface area contributed by atoms with Crippen molar-refractivity contribution in [3.8, 4) is 5.75 Å². The predicted molar refractivity (Wildman–Crippen MR) is 102 cm³/mol. The van der Waals surface area contributed by atoms with Crippen molar-refractivity contribution in [1.82, 2.24) is 4.90 Å². The molecular formula is C21H22N2O3. The Hall–Kier alpha value is -3.08. The van der Waals surface area contributed by atoms with Crippen LogP contribution in [0.2, 0.25) is 0 Å². The minimum atomic E-state index is -0.339. The van der Waals surface area contributed by atoms with Gasteiger partial charge in [0.05, 0.1) is 11.7 Å². The third-order valence-corrected chi connectivity index (χ3v) is 4.09. The Labute approximate surface area is 153 Å². The van der Waals surface area contributed by atoms with E-state index in [1.807, 2.05) is 57.2 Å². The first-order valence-corrected chi connectivity index (χ1v) is 8.54. The smallest absolute Gasteiger partial charge is 0.277 e. The van der Waals surface area contributed by atoms with Gasteiger partial charge in [-0.25, -0.2) is 0 Å². The number of aryl methyl sites for hydroxylation is 1. The summed E-state index contributed by atoms with van der Waals surface area (Å²) < 4.78 is 5.64. The normalized spacial score (nSPS) is 14.4. The van der Waals surface area contributed by atoms with Gasteiger partial charge in [-0.2, -0.15) is 0 Å². The summed E-state index contributed by atoms with van der Waals surface area (Å²) in [5.41, 5.74) is 3.18. The quantitative estimate of drug-likeness (QED) is 0.837. The Balaban J connectivity index is 2.00. The van der Waals surface area contributed by atoms with Crippen LogP contribution in [-0.4, -0.2) is 29.9 Å². The largest absolute Gasteiger partial charge is 0.491 e. The number of anilines is 1. The molecule has 1 heterocycles. The van der Waals surface area contributed by atoms with E-state index in [1.54, 1.807) is 12.1 Å². The monoisotopic (exact) mass is 350 g/mol. The lowest BCUT2D eigenvalue weighted by atomic mass is 10.0. The zero-order chi connectivity index (χ0) is 18.8. The standard InChI is InChI=1S/C21H22N2O3/c1-13(2)26-17-10-8-15(9-11-17)18-19(21(25)23(4)20(18)24)22-16-7-5-6-14(3)12-16/h5-13,22H,1-4H3. The molecule has 0 atom stereocenters. The fourth-order valence-electron chi connectivity index (χ4n) is 2.86. The van der Waals surface area contributed by atoms with Crippen LogP contribution in [0.5, 0.6) is 5.75 Å². The van der Waals surface area contributed by atoms with Crippen molar-refractivity contribution in [3.63, 3.8) is 0 Å². The van der Waals surface area contributed by atoms with Crippen LogP contribution in [0.15, 0.2) is 54.2 Å². The minimum absolute atomic E-state index is 0.0689. The molecular weight excluding hydrogens is 328 g/mol. The Morgan fingerprint density at radius 1 is 1.00 bits per heavy atom. The predicted octanol–water partition coefficient (Wildman–Crippen LogP) is 3.60. The number of nitrogens with one attached hydrogen (secondary N) is 1. The average Bonchev–Trinajstić information content (AvgIpc) is 2.80. The van der Waals surface area contributed by atoms with Crippen LogP contribution in [-0.2, 0) is 9.59 Å². The summed E-state index contributed by atoms with van der Waals surface area (Å²) in [6, 6.07) is 14.9. The van der Waals surface area contributed by atoms with E-state index in [0.717, 1.165) is 21.9 Å². The highest BCUT2D eigenvalue weighted by molar-refractivity contribution is 6.36. The van der Waals surface area contributed by atoms with Crippen LogP contribution in [0, 0.1) is 6.92 Å². The summed E-state index contributed by atoms with van der Waals surface area (Å²) in [6.45, 7) is 5.88. The zero-order valence-corrected chi connectivity index (χ0v) is 15.4. The van der Waals surface area contributed by atoms with Crippen molar-refractivity contribution in [2.75, 3.05) is 12.4 Å². The van der Waals surface area contributed by atoms with Crippen LogP contribution in [0.3, 0.4) is 0 Å². The molecule has 0 saturated carbocycles. The van der Waals surface area contributed by atoms with Crippen molar-refractivity contribution in [1.29, 1.82) is 0 Å². The Bertz CT molecular complexity index is 882. The van der Waals surface area contributed by atoms with Gasteiger partial charge >= 0.3 is 0 Å². The molecule has 0 saturated heterocycles. The topological polar surface area (TPSA) is 58.6 Å². The molecule has 134 valence electrons. The van der Waals surface area contributed by atoms with Gasteiger partial charge in [-0.15, -0.1) is 0 Å². The van der Waals surface area contributed by atoms with Crippen LogP contribution in [0.4, 0.5) is 5.69 Å². The highest BCUT2D eigenvalue weighted by Crippen LogP contribution is 2.30. The number of carbonyl (C=O) groups excluding carboxylic acids is 2. The molecule has 1 aliphatic rings. The summed E-state index contributed by atoms with van der Waals surface area (Å²) in [4.78, 5) is 26.3. The first-order chi connectivity index (χ1) is 12.4. The number of carbonyl (C=O) groups is 2. The summed E-state index contributed by atoms with van der Waals surface area (Å²) >= 11 is 0. The van der Waals surface area contributed by atoms with Gasteiger partial charge in [-0.05, 0) is 56.2 Å². The molecule has 2 aromatic rings. The lowest BCUT2D eigenvalue weighted by Gasteiger charge is -2.11. The van der Waals surface area contributed by atoms with Gasteiger partial charge in [0.2, 0.25) is 0 Å². The SMILES string of the molecule is Cc1cccc(NC2=C(c3ccc(OC(C)C)cc3)C(=O)N(C)C2=O)c1. The van der Waals surface area contributed by atoms with Gasteiger partial charge in [-0.1, -0.05) is 24.3 Å². The first-order valence-electron chi connectivity index (χ1n) is 8.54. The number of likely N-dealkylation sites (N-methyl/N-ethyl adjacent to an activating group) is 1. The molecule has 0 bridgehead atoms. The number of hydrogen-bond acceptors (Lipinski definition) is 4. The summed E-state index contributed by atoms with van der Waals surface area (Å²) in [7, 11) is 1.49. The van der Waals surface area contributed by atoms with Crippen molar-refractivity contribution in [2.24, 2.45) is 0 Å². The van der Waals surface area contributed by atoms with E-state index in [0.29, 0.717) is 16.8 Å². The average molecular weight is 350 g/mol. The second-order valence-corrected chi connectivity index (χ2v) is 6.60. The van der Waals surface area contributed by atoms with E-state index in [-0.39, 0.29) is 17.9 Å². The van der Waals surface area contributed by atoms with Crippen LogP contribution < -0.4 is 10.1 Å². The number of ether oxygens (including phenoxy) is 1. The molecule has 1 N–H and O–H groups in total. The minimum Gasteiger partial charge on any atom is -0.491 e. The highest BCUT2D eigenvalue weighted by Gasteiger charge is 2.36. The summed E-state index contributed by atoms with van der Waals surface area (Å²) in [6.07, 6.45) is 0.0689. The first kappa shape index (κ1) is 17.7. The second kappa shape index (κ2) is 7.04. The third-order valence-electron chi connectivity index (χ3n) is 4.09. The number of benzene rings is 2. The molecule has 5 heteroatoms. The van der Waals surface area contributed by atoms with Gasteiger partial charge in [0.1, 0.15) is 11.4 Å². The molecule has 0 unspecified atom stereocenters. The Morgan fingerprint density at radius 3 is 2.31 bits per heavy atom. The van der Waals surface area contributed by atoms with Gasteiger partial charge in [-0.3, -0.25) is 14.5 Å². The van der Waals surface area contributed by atoms with Gasteiger partial charge in [0, 0.05) is 12.7 Å². The number of amides is 2. The maximum absolute atomic E-state index is 12.6. The number of nitrogens with zero attached hydrogens (tertiary/aromatic N) is 1. The molecule has 2 amide bonds. The fraction of sp³-hybridized carbons (Fsp3) is 0.238. The number of rotatable bonds is 5. The lowest BCUT2D eigenvalue weighted by molar-refractivity contribution is -0.135. The van der Waals surface area contributed by atoms with E-state index in [1.165, 1.54) is 7.05 Å². The van der Waals surface area contributed by atoms with E-state index in [4.69, 9.17) is 4.74 Å². The molecule has 0 radical (unpaired) electrons. The molecule has 0 aliphatic carbocycles. The van der Waals surface area contributed by atoms with E-state index < -0.39 is 0 Å². The lowest BCUT2D eigenvalue weighted by Crippen LogP contribution is -2.27.